The third kappa shape index (κ3) is 3.05. The minimum atomic E-state index is -0.534. The second-order valence-corrected chi connectivity index (χ2v) is 7.64. The number of ketones is 2. The van der Waals surface area contributed by atoms with E-state index in [-0.39, 0.29) is 23.0 Å². The molecule has 0 N–H and O–H groups in total. The summed E-state index contributed by atoms with van der Waals surface area (Å²) in [6, 6.07) is 4.77. The summed E-state index contributed by atoms with van der Waals surface area (Å²) in [5.74, 6) is -0.290. The predicted molar refractivity (Wildman–Crippen MR) is 107 cm³/mol. The van der Waals surface area contributed by atoms with Gasteiger partial charge in [0.15, 0.2) is 17.3 Å². The van der Waals surface area contributed by atoms with Gasteiger partial charge in [-0.3, -0.25) is 19.7 Å². The number of hydrogen-bond donors (Lipinski definition) is 0. The Morgan fingerprint density at radius 3 is 2.14 bits per heavy atom. The van der Waals surface area contributed by atoms with Crippen LogP contribution in [0, 0.1) is 10.1 Å². The Hall–Kier alpha value is -2.96. The largest absolute Gasteiger partial charge is 0.490 e. The van der Waals surface area contributed by atoms with Gasteiger partial charge in [-0.25, -0.2) is 0 Å². The highest BCUT2D eigenvalue weighted by Crippen LogP contribution is 2.49. The summed E-state index contributed by atoms with van der Waals surface area (Å²) in [6.07, 6.45) is 4.05. The van der Waals surface area contributed by atoms with Crippen LogP contribution < -0.4 is 4.74 Å². The van der Waals surface area contributed by atoms with Crippen LogP contribution >= 0.6 is 0 Å². The number of carbonyl (C=O) groups is 2. The van der Waals surface area contributed by atoms with Gasteiger partial charge < -0.3 is 9.64 Å². The standard InChI is InChI=1S/C22H24N2O5/c1-3-23-14-6-4-8-17(25)21(14)20(22-15(23)7-5-9-18(22)26)13-10-11-19(29-2)16(12-13)24(27)28/h10-12,20H,3-9H2,1-2H3. The minimum Gasteiger partial charge on any atom is -0.490 e. The van der Waals surface area contributed by atoms with Crippen molar-refractivity contribution in [3.63, 3.8) is 0 Å². The number of hydrogen-bond acceptors (Lipinski definition) is 6. The van der Waals surface area contributed by atoms with E-state index in [1.54, 1.807) is 12.1 Å². The number of nitro groups is 1. The molecule has 1 aliphatic heterocycles. The highest BCUT2D eigenvalue weighted by molar-refractivity contribution is 6.06. The van der Waals surface area contributed by atoms with Gasteiger partial charge in [-0.15, -0.1) is 0 Å². The van der Waals surface area contributed by atoms with E-state index in [1.807, 2.05) is 6.92 Å². The molecular weight excluding hydrogens is 372 g/mol. The summed E-state index contributed by atoms with van der Waals surface area (Å²) in [4.78, 5) is 39.3. The van der Waals surface area contributed by atoms with Crippen LogP contribution in [0.2, 0.25) is 0 Å². The highest BCUT2D eigenvalue weighted by Gasteiger charge is 2.43. The Morgan fingerprint density at radius 1 is 1.07 bits per heavy atom. The molecule has 0 aromatic heterocycles. The molecule has 0 atom stereocenters. The molecule has 29 heavy (non-hydrogen) atoms. The van der Waals surface area contributed by atoms with Crippen molar-refractivity contribution >= 4 is 17.3 Å². The fourth-order valence-corrected chi connectivity index (χ4v) is 4.96. The smallest absolute Gasteiger partial charge is 0.311 e. The molecule has 0 saturated carbocycles. The second kappa shape index (κ2) is 7.46. The highest BCUT2D eigenvalue weighted by atomic mass is 16.6. The van der Waals surface area contributed by atoms with Crippen LogP contribution in [0.3, 0.4) is 0 Å². The van der Waals surface area contributed by atoms with Crippen molar-refractivity contribution in [2.75, 3.05) is 13.7 Å². The lowest BCUT2D eigenvalue weighted by atomic mass is 9.71. The number of ether oxygens (including phenoxy) is 1. The fraction of sp³-hybridized carbons (Fsp3) is 0.455. The van der Waals surface area contributed by atoms with Crippen LogP contribution in [0.15, 0.2) is 40.7 Å². The first kappa shape index (κ1) is 19.4. The van der Waals surface area contributed by atoms with E-state index in [4.69, 9.17) is 4.74 Å². The molecule has 0 bridgehead atoms. The fourth-order valence-electron chi connectivity index (χ4n) is 4.96. The normalized spacial score (nSPS) is 20.0. The number of allylic oxidation sites excluding steroid dienone is 4. The van der Waals surface area contributed by atoms with Crippen molar-refractivity contribution in [3.8, 4) is 5.75 Å². The number of methoxy groups -OCH3 is 1. The number of nitro benzene ring substituents is 1. The average molecular weight is 396 g/mol. The van der Waals surface area contributed by atoms with E-state index in [0.29, 0.717) is 36.1 Å². The van der Waals surface area contributed by atoms with Crippen molar-refractivity contribution in [2.24, 2.45) is 0 Å². The van der Waals surface area contributed by atoms with E-state index in [1.165, 1.54) is 13.2 Å². The maximum absolute atomic E-state index is 13.0. The molecular formula is C22H24N2O5. The van der Waals surface area contributed by atoms with Crippen LogP contribution in [0.25, 0.3) is 0 Å². The topological polar surface area (TPSA) is 89.8 Å². The van der Waals surface area contributed by atoms with Gasteiger partial charge in [-0.2, -0.15) is 0 Å². The second-order valence-electron chi connectivity index (χ2n) is 7.64. The molecule has 2 aliphatic carbocycles. The van der Waals surface area contributed by atoms with E-state index in [0.717, 1.165) is 37.1 Å². The Bertz CT molecular complexity index is 931. The molecule has 0 saturated heterocycles. The lowest BCUT2D eigenvalue weighted by Crippen LogP contribution is -2.39. The third-order valence-corrected chi connectivity index (χ3v) is 6.14. The molecule has 0 unspecified atom stereocenters. The molecule has 1 aromatic carbocycles. The quantitative estimate of drug-likeness (QED) is 0.564. The van der Waals surface area contributed by atoms with Gasteiger partial charge >= 0.3 is 5.69 Å². The van der Waals surface area contributed by atoms with Crippen molar-refractivity contribution in [3.05, 3.63) is 56.4 Å². The van der Waals surface area contributed by atoms with Crippen LogP contribution in [0.4, 0.5) is 5.69 Å². The third-order valence-electron chi connectivity index (χ3n) is 6.14. The van der Waals surface area contributed by atoms with Gasteiger partial charge in [0.05, 0.1) is 12.0 Å². The Balaban J connectivity index is 1.97. The van der Waals surface area contributed by atoms with Crippen LogP contribution in [-0.2, 0) is 9.59 Å². The number of Topliss-reactive ketones (excluding diaryl/α,β-unsaturated/α-hetero) is 2. The molecule has 0 radical (unpaired) electrons. The lowest BCUT2D eigenvalue weighted by molar-refractivity contribution is -0.385. The summed E-state index contributed by atoms with van der Waals surface area (Å²) >= 11 is 0. The molecule has 4 rings (SSSR count). The van der Waals surface area contributed by atoms with Crippen LogP contribution in [-0.4, -0.2) is 35.0 Å². The summed E-state index contributed by atoms with van der Waals surface area (Å²) in [5.41, 5.74) is 3.72. The first-order valence-electron chi connectivity index (χ1n) is 10.1. The first-order valence-corrected chi connectivity index (χ1v) is 10.1. The summed E-state index contributed by atoms with van der Waals surface area (Å²) in [7, 11) is 1.39. The van der Waals surface area contributed by atoms with E-state index < -0.39 is 10.8 Å². The SMILES string of the molecule is CCN1C2=C(C(=O)CCC2)C(c2ccc(OC)c([N+](=O)[O-])c2)C2=C1CCCC2=O. The average Bonchev–Trinajstić information content (AvgIpc) is 2.72. The zero-order valence-electron chi connectivity index (χ0n) is 16.7. The van der Waals surface area contributed by atoms with Gasteiger partial charge in [-0.1, -0.05) is 6.07 Å². The van der Waals surface area contributed by atoms with E-state index in [2.05, 4.69) is 4.90 Å². The van der Waals surface area contributed by atoms with E-state index >= 15 is 0 Å². The summed E-state index contributed by atoms with van der Waals surface area (Å²) < 4.78 is 5.13. The lowest BCUT2D eigenvalue weighted by Gasteiger charge is -2.43. The van der Waals surface area contributed by atoms with Gasteiger partial charge in [0.1, 0.15) is 0 Å². The minimum absolute atomic E-state index is 0.0399. The zero-order valence-corrected chi connectivity index (χ0v) is 16.7. The molecule has 0 amide bonds. The van der Waals surface area contributed by atoms with Gasteiger partial charge in [-0.05, 0) is 44.2 Å². The monoisotopic (exact) mass is 396 g/mol. The number of nitrogens with zero attached hydrogens (tertiary/aromatic N) is 2. The zero-order chi connectivity index (χ0) is 20.7. The van der Waals surface area contributed by atoms with Crippen LogP contribution in [0.1, 0.15) is 56.9 Å². The van der Waals surface area contributed by atoms with Crippen molar-refractivity contribution in [2.45, 2.75) is 51.4 Å². The molecule has 1 aromatic rings. The summed E-state index contributed by atoms with van der Waals surface area (Å²) in [5, 5.41) is 11.6. The Kier molecular flexibility index (Phi) is 4.98. The van der Waals surface area contributed by atoms with E-state index in [9.17, 15) is 19.7 Å². The molecule has 152 valence electrons. The predicted octanol–water partition coefficient (Wildman–Crippen LogP) is 4.04. The van der Waals surface area contributed by atoms with Gasteiger partial charge in [0, 0.05) is 53.9 Å². The maximum atomic E-state index is 13.0. The van der Waals surface area contributed by atoms with Gasteiger partial charge in [0.25, 0.3) is 0 Å². The molecule has 0 spiro atoms. The van der Waals surface area contributed by atoms with Crippen molar-refractivity contribution in [1.82, 2.24) is 4.90 Å². The van der Waals surface area contributed by atoms with Crippen LogP contribution in [0.5, 0.6) is 5.75 Å². The number of rotatable bonds is 4. The number of benzene rings is 1. The molecule has 7 heteroatoms. The Morgan fingerprint density at radius 2 is 1.66 bits per heavy atom. The number of carbonyl (C=O) groups excluding carboxylic acids is 2. The van der Waals surface area contributed by atoms with Crippen molar-refractivity contribution in [1.29, 1.82) is 0 Å². The summed E-state index contributed by atoms with van der Waals surface area (Å²) in [6.45, 7) is 2.74. The molecule has 0 fully saturated rings. The maximum Gasteiger partial charge on any atom is 0.311 e. The molecule has 3 aliphatic rings. The Labute approximate surface area is 169 Å². The van der Waals surface area contributed by atoms with Gasteiger partial charge in [0.2, 0.25) is 0 Å². The molecule has 1 heterocycles. The van der Waals surface area contributed by atoms with Crippen molar-refractivity contribution < 1.29 is 19.2 Å². The first-order chi connectivity index (χ1) is 14.0. The molecule has 7 nitrogen and oxygen atoms in total.